The molecule has 0 spiro atoms. The van der Waals surface area contributed by atoms with Gasteiger partial charge in [0.05, 0.1) is 12.7 Å². The number of methoxy groups -OCH3 is 1. The molecular weight excluding hydrogens is 278 g/mol. The minimum atomic E-state index is -0.460. The van der Waals surface area contributed by atoms with Crippen molar-refractivity contribution in [2.75, 3.05) is 19.0 Å². The molecule has 1 N–H and O–H groups in total. The maximum absolute atomic E-state index is 11.9. The largest absolute Gasteiger partial charge is 0.482 e. The van der Waals surface area contributed by atoms with Crippen LogP contribution in [0.1, 0.15) is 10.4 Å². The maximum atomic E-state index is 11.9. The summed E-state index contributed by atoms with van der Waals surface area (Å²) in [5.41, 5.74) is 1.21. The molecule has 2 aromatic rings. The smallest absolute Gasteiger partial charge is 0.343 e. The third kappa shape index (κ3) is 3.83. The zero-order valence-corrected chi connectivity index (χ0v) is 11.6. The highest BCUT2D eigenvalue weighted by Gasteiger charge is 2.07. The molecule has 0 fully saturated rings. The summed E-state index contributed by atoms with van der Waals surface area (Å²) >= 11 is 1.46. The Balaban J connectivity index is 1.99. The first-order chi connectivity index (χ1) is 9.69. The fraction of sp³-hybridized carbons (Fsp3) is 0.143. The Bertz CT molecular complexity index is 595. The van der Waals surface area contributed by atoms with E-state index < -0.39 is 5.97 Å². The first kappa shape index (κ1) is 14.1. The topological polar surface area (TPSA) is 64.6 Å². The molecule has 0 aliphatic heterocycles. The summed E-state index contributed by atoms with van der Waals surface area (Å²) < 4.78 is 9.73. The number of hydrogen-bond donors (Lipinski definition) is 1. The molecule has 2 rings (SSSR count). The van der Waals surface area contributed by atoms with Crippen LogP contribution in [-0.4, -0.2) is 25.6 Å². The Kier molecular flexibility index (Phi) is 4.73. The number of benzene rings is 1. The molecule has 0 atom stereocenters. The Morgan fingerprint density at radius 2 is 2.15 bits per heavy atom. The molecule has 0 unspecified atom stereocenters. The van der Waals surface area contributed by atoms with Gasteiger partial charge in [0.2, 0.25) is 0 Å². The summed E-state index contributed by atoms with van der Waals surface area (Å²) in [5, 5.41) is 6.37. The van der Waals surface area contributed by atoms with Crippen molar-refractivity contribution in [3.8, 4) is 5.75 Å². The van der Waals surface area contributed by atoms with E-state index in [1.54, 1.807) is 35.7 Å². The van der Waals surface area contributed by atoms with Crippen molar-refractivity contribution in [1.29, 1.82) is 0 Å². The molecule has 0 bridgehead atoms. The number of carbonyl (C=O) groups excluding carboxylic acids is 2. The van der Waals surface area contributed by atoms with Crippen LogP contribution in [0.3, 0.4) is 0 Å². The molecule has 20 heavy (non-hydrogen) atoms. The highest BCUT2D eigenvalue weighted by atomic mass is 32.1. The van der Waals surface area contributed by atoms with Crippen molar-refractivity contribution < 1.29 is 19.1 Å². The molecule has 1 heterocycles. The molecule has 104 valence electrons. The quantitative estimate of drug-likeness (QED) is 0.860. The van der Waals surface area contributed by atoms with E-state index in [0.717, 1.165) is 0 Å². The molecule has 0 aliphatic carbocycles. The van der Waals surface area contributed by atoms with Crippen LogP contribution in [0.5, 0.6) is 5.75 Å². The summed E-state index contributed by atoms with van der Waals surface area (Å²) in [6, 6.07) is 8.57. The highest BCUT2D eigenvalue weighted by Crippen LogP contribution is 2.18. The summed E-state index contributed by atoms with van der Waals surface area (Å²) in [7, 11) is 1.29. The van der Waals surface area contributed by atoms with E-state index in [0.29, 0.717) is 17.0 Å². The average molecular weight is 291 g/mol. The van der Waals surface area contributed by atoms with Gasteiger partial charge in [-0.25, -0.2) is 4.79 Å². The summed E-state index contributed by atoms with van der Waals surface area (Å²) in [6.45, 7) is -0.168. The molecule has 1 aromatic heterocycles. The Hall–Kier alpha value is -2.34. The highest BCUT2D eigenvalue weighted by molar-refractivity contribution is 7.08. The van der Waals surface area contributed by atoms with Crippen LogP contribution in [-0.2, 0) is 9.53 Å². The maximum Gasteiger partial charge on any atom is 0.343 e. The Labute approximate surface area is 120 Å². The number of carbonyl (C=O) groups is 2. The SMILES string of the molecule is COC(=O)COc1cccc(NC(=O)c2ccsc2)c1. The van der Waals surface area contributed by atoms with Crippen molar-refractivity contribution in [3.05, 3.63) is 46.7 Å². The second kappa shape index (κ2) is 6.72. The predicted molar refractivity (Wildman–Crippen MR) is 76.2 cm³/mol. The van der Waals surface area contributed by atoms with Gasteiger partial charge in [-0.3, -0.25) is 4.79 Å². The third-order valence-corrected chi connectivity index (χ3v) is 3.14. The fourth-order valence-corrected chi connectivity index (χ4v) is 2.10. The van der Waals surface area contributed by atoms with Crippen LogP contribution in [0.2, 0.25) is 0 Å². The van der Waals surface area contributed by atoms with Crippen molar-refractivity contribution in [2.45, 2.75) is 0 Å². The number of rotatable bonds is 5. The normalized spacial score (nSPS) is 9.85. The van der Waals surface area contributed by atoms with E-state index in [2.05, 4.69) is 10.1 Å². The van der Waals surface area contributed by atoms with E-state index in [1.165, 1.54) is 18.4 Å². The standard InChI is InChI=1S/C14H13NO4S/c1-18-13(16)8-19-12-4-2-3-11(7-12)15-14(17)10-5-6-20-9-10/h2-7,9H,8H2,1H3,(H,15,17). The Morgan fingerprint density at radius 1 is 1.30 bits per heavy atom. The van der Waals surface area contributed by atoms with Gasteiger partial charge in [-0.15, -0.1) is 0 Å². The van der Waals surface area contributed by atoms with Gasteiger partial charge in [-0.1, -0.05) is 6.07 Å². The van der Waals surface area contributed by atoms with E-state index in [1.807, 2.05) is 5.38 Å². The first-order valence-corrected chi connectivity index (χ1v) is 6.76. The van der Waals surface area contributed by atoms with E-state index in [-0.39, 0.29) is 12.5 Å². The zero-order valence-electron chi connectivity index (χ0n) is 10.8. The molecule has 0 radical (unpaired) electrons. The summed E-state index contributed by atoms with van der Waals surface area (Å²) in [6.07, 6.45) is 0. The third-order valence-electron chi connectivity index (χ3n) is 2.46. The summed E-state index contributed by atoms with van der Waals surface area (Å²) in [4.78, 5) is 22.9. The number of amides is 1. The average Bonchev–Trinajstić information content (AvgIpc) is 2.99. The number of thiophene rings is 1. The van der Waals surface area contributed by atoms with Gasteiger partial charge in [-0.05, 0) is 23.6 Å². The van der Waals surface area contributed by atoms with Gasteiger partial charge in [0, 0.05) is 17.1 Å². The van der Waals surface area contributed by atoms with Crippen molar-refractivity contribution in [3.63, 3.8) is 0 Å². The summed E-state index contributed by atoms with van der Waals surface area (Å²) in [5.74, 6) is -0.160. The van der Waals surface area contributed by atoms with Crippen LogP contribution in [0.15, 0.2) is 41.1 Å². The molecule has 0 aliphatic rings. The van der Waals surface area contributed by atoms with Crippen LogP contribution >= 0.6 is 11.3 Å². The van der Waals surface area contributed by atoms with Crippen LogP contribution in [0, 0.1) is 0 Å². The molecule has 0 saturated carbocycles. The molecule has 6 heteroatoms. The molecule has 5 nitrogen and oxygen atoms in total. The number of anilines is 1. The lowest BCUT2D eigenvalue weighted by Gasteiger charge is -2.08. The molecular formula is C14H13NO4S. The Morgan fingerprint density at radius 3 is 2.85 bits per heavy atom. The second-order valence-electron chi connectivity index (χ2n) is 3.86. The van der Waals surface area contributed by atoms with Gasteiger partial charge in [-0.2, -0.15) is 11.3 Å². The number of ether oxygens (including phenoxy) is 2. The molecule has 1 aromatic carbocycles. The van der Waals surface area contributed by atoms with E-state index in [4.69, 9.17) is 4.74 Å². The van der Waals surface area contributed by atoms with Crippen molar-refractivity contribution in [2.24, 2.45) is 0 Å². The lowest BCUT2D eigenvalue weighted by atomic mass is 10.2. The lowest BCUT2D eigenvalue weighted by molar-refractivity contribution is -0.142. The first-order valence-electron chi connectivity index (χ1n) is 5.82. The van der Waals surface area contributed by atoms with Crippen LogP contribution < -0.4 is 10.1 Å². The monoisotopic (exact) mass is 291 g/mol. The van der Waals surface area contributed by atoms with Gasteiger partial charge < -0.3 is 14.8 Å². The van der Waals surface area contributed by atoms with Crippen molar-refractivity contribution >= 4 is 28.9 Å². The van der Waals surface area contributed by atoms with Gasteiger partial charge in [0.25, 0.3) is 5.91 Å². The fourth-order valence-electron chi connectivity index (χ4n) is 1.46. The number of hydrogen-bond acceptors (Lipinski definition) is 5. The zero-order chi connectivity index (χ0) is 14.4. The second-order valence-corrected chi connectivity index (χ2v) is 4.64. The van der Waals surface area contributed by atoms with Gasteiger partial charge >= 0.3 is 5.97 Å². The lowest BCUT2D eigenvalue weighted by Crippen LogP contribution is -2.13. The van der Waals surface area contributed by atoms with E-state index >= 15 is 0 Å². The van der Waals surface area contributed by atoms with E-state index in [9.17, 15) is 9.59 Å². The number of esters is 1. The van der Waals surface area contributed by atoms with Crippen LogP contribution in [0.4, 0.5) is 5.69 Å². The predicted octanol–water partition coefficient (Wildman–Crippen LogP) is 2.55. The minimum absolute atomic E-state index is 0.168. The molecule has 0 saturated heterocycles. The van der Waals surface area contributed by atoms with Crippen LogP contribution in [0.25, 0.3) is 0 Å². The van der Waals surface area contributed by atoms with Gasteiger partial charge in [0.1, 0.15) is 5.75 Å². The van der Waals surface area contributed by atoms with Gasteiger partial charge in [0.15, 0.2) is 6.61 Å². The molecule has 1 amide bonds. The van der Waals surface area contributed by atoms with Crippen molar-refractivity contribution in [1.82, 2.24) is 0 Å². The number of nitrogens with one attached hydrogen (secondary N) is 1. The minimum Gasteiger partial charge on any atom is -0.482 e.